The van der Waals surface area contributed by atoms with Gasteiger partial charge in [0.25, 0.3) is 0 Å². The van der Waals surface area contributed by atoms with Crippen molar-refractivity contribution in [3.63, 3.8) is 0 Å². The lowest BCUT2D eigenvalue weighted by Gasteiger charge is -2.17. The van der Waals surface area contributed by atoms with Crippen LogP contribution in [0, 0.1) is 13.8 Å². The Morgan fingerprint density at radius 2 is 1.86 bits per heavy atom. The molecule has 2 aromatic carbocycles. The Balaban J connectivity index is 1.59. The van der Waals surface area contributed by atoms with Gasteiger partial charge in [-0.15, -0.1) is 0 Å². The Bertz CT molecular complexity index is 1710. The van der Waals surface area contributed by atoms with Crippen LogP contribution in [0.15, 0.2) is 66.0 Å². The molecule has 0 aliphatic heterocycles. The molecule has 0 fully saturated rings. The van der Waals surface area contributed by atoms with Gasteiger partial charge in [0.1, 0.15) is 12.6 Å². The standard InChI is InChI=1S/C26H23F3N6O2/c1-15-5-4-6-21-24(15)35(25(37)33(21)14-23(36)32-17(3)26(27,28)29)20-8-7-18(11-16(20)2)19-12-31-34-10-9-30-13-22(19)34/h4-13,17H,14H2,1-3H3,(H,32,36)/t17-/m1/s1. The normalized spacial score (nSPS) is 12.8. The maximum atomic E-state index is 13.6. The first-order chi connectivity index (χ1) is 17.6. The molecule has 8 nitrogen and oxygen atoms in total. The van der Waals surface area contributed by atoms with Gasteiger partial charge in [-0.05, 0) is 55.7 Å². The van der Waals surface area contributed by atoms with Gasteiger partial charge < -0.3 is 5.32 Å². The lowest BCUT2D eigenvalue weighted by Crippen LogP contribution is -2.45. The number of para-hydroxylation sites is 1. The summed E-state index contributed by atoms with van der Waals surface area (Å²) in [4.78, 5) is 30.2. The van der Waals surface area contributed by atoms with E-state index >= 15 is 0 Å². The fourth-order valence-electron chi connectivity index (χ4n) is 4.49. The number of benzene rings is 2. The van der Waals surface area contributed by atoms with Crippen LogP contribution in [0.5, 0.6) is 0 Å². The summed E-state index contributed by atoms with van der Waals surface area (Å²) in [7, 11) is 0. The fourth-order valence-corrected chi connectivity index (χ4v) is 4.49. The second-order valence-electron chi connectivity index (χ2n) is 8.94. The third-order valence-electron chi connectivity index (χ3n) is 6.40. The monoisotopic (exact) mass is 508 g/mol. The van der Waals surface area contributed by atoms with Crippen molar-refractivity contribution in [1.82, 2.24) is 29.0 Å². The van der Waals surface area contributed by atoms with Crippen LogP contribution in [0.25, 0.3) is 33.4 Å². The molecule has 1 atom stereocenters. The van der Waals surface area contributed by atoms with Crippen molar-refractivity contribution in [1.29, 1.82) is 0 Å². The molecule has 1 amide bonds. The van der Waals surface area contributed by atoms with Crippen LogP contribution in [-0.4, -0.2) is 41.9 Å². The van der Waals surface area contributed by atoms with Gasteiger partial charge in [0, 0.05) is 18.0 Å². The highest BCUT2D eigenvalue weighted by molar-refractivity contribution is 5.85. The summed E-state index contributed by atoms with van der Waals surface area (Å²) in [5, 5.41) is 6.28. The summed E-state index contributed by atoms with van der Waals surface area (Å²) in [6.07, 6.45) is 2.28. The summed E-state index contributed by atoms with van der Waals surface area (Å²) in [5.41, 5.74) is 5.30. The minimum atomic E-state index is -4.58. The maximum Gasteiger partial charge on any atom is 0.408 e. The van der Waals surface area contributed by atoms with Gasteiger partial charge in [-0.3, -0.25) is 18.9 Å². The van der Waals surface area contributed by atoms with E-state index in [-0.39, 0.29) is 0 Å². The van der Waals surface area contributed by atoms with Crippen molar-refractivity contribution in [2.24, 2.45) is 0 Å². The van der Waals surface area contributed by atoms with E-state index in [4.69, 9.17) is 0 Å². The van der Waals surface area contributed by atoms with Crippen LogP contribution in [0.2, 0.25) is 0 Å². The van der Waals surface area contributed by atoms with Crippen molar-refractivity contribution in [3.05, 3.63) is 82.8 Å². The van der Waals surface area contributed by atoms with Crippen molar-refractivity contribution in [2.75, 3.05) is 0 Å². The van der Waals surface area contributed by atoms with Crippen molar-refractivity contribution in [3.8, 4) is 16.8 Å². The molecule has 37 heavy (non-hydrogen) atoms. The second-order valence-corrected chi connectivity index (χ2v) is 8.94. The number of amides is 1. The number of rotatable bonds is 5. The Hall–Kier alpha value is -4.41. The van der Waals surface area contributed by atoms with Gasteiger partial charge in [0.15, 0.2) is 0 Å². The van der Waals surface area contributed by atoms with Crippen molar-refractivity contribution < 1.29 is 18.0 Å². The molecule has 0 spiro atoms. The molecule has 3 heterocycles. The third-order valence-corrected chi connectivity index (χ3v) is 6.40. The van der Waals surface area contributed by atoms with Gasteiger partial charge in [-0.2, -0.15) is 18.3 Å². The largest absolute Gasteiger partial charge is 0.408 e. The van der Waals surface area contributed by atoms with Crippen LogP contribution < -0.4 is 11.0 Å². The number of carbonyl (C=O) groups excluding carboxylic acids is 1. The van der Waals surface area contributed by atoms with Crippen LogP contribution in [0.1, 0.15) is 18.1 Å². The zero-order chi connectivity index (χ0) is 26.5. The second kappa shape index (κ2) is 8.91. The number of aromatic nitrogens is 5. The highest BCUT2D eigenvalue weighted by Crippen LogP contribution is 2.29. The van der Waals surface area contributed by atoms with Gasteiger partial charge in [-0.25, -0.2) is 9.31 Å². The Kier molecular flexibility index (Phi) is 5.85. The first-order valence-corrected chi connectivity index (χ1v) is 11.5. The Labute approximate surface area is 209 Å². The molecule has 5 rings (SSSR count). The van der Waals surface area contributed by atoms with E-state index in [1.165, 1.54) is 9.13 Å². The molecule has 5 aromatic rings. The Morgan fingerprint density at radius 3 is 2.59 bits per heavy atom. The molecule has 0 aliphatic rings. The van der Waals surface area contributed by atoms with Gasteiger partial charge >= 0.3 is 11.9 Å². The number of fused-ring (bicyclic) bond motifs is 2. The topological polar surface area (TPSA) is 86.2 Å². The van der Waals surface area contributed by atoms with E-state index in [0.717, 1.165) is 34.7 Å². The number of hydrogen-bond acceptors (Lipinski definition) is 4. The number of hydrogen-bond donors (Lipinski definition) is 1. The van der Waals surface area contributed by atoms with E-state index < -0.39 is 30.4 Å². The molecule has 3 aromatic heterocycles. The SMILES string of the molecule is Cc1cc(-c2cnn3ccncc23)ccc1-n1c(=O)n(CC(=O)N[C@H](C)C(F)(F)F)c2cccc(C)c21. The lowest BCUT2D eigenvalue weighted by molar-refractivity contribution is -0.158. The van der Waals surface area contributed by atoms with Crippen molar-refractivity contribution in [2.45, 2.75) is 39.5 Å². The van der Waals surface area contributed by atoms with Gasteiger partial charge in [0.05, 0.1) is 34.6 Å². The molecule has 190 valence electrons. The molecule has 0 unspecified atom stereocenters. The van der Waals surface area contributed by atoms with Crippen LogP contribution in [-0.2, 0) is 11.3 Å². The highest BCUT2D eigenvalue weighted by Gasteiger charge is 2.37. The van der Waals surface area contributed by atoms with Crippen LogP contribution in [0.4, 0.5) is 13.2 Å². The molecule has 1 N–H and O–H groups in total. The number of nitrogens with one attached hydrogen (secondary N) is 1. The molecular formula is C26H23F3N6O2. The zero-order valence-electron chi connectivity index (χ0n) is 20.2. The minimum absolute atomic E-state index is 0.456. The lowest BCUT2D eigenvalue weighted by atomic mass is 10.0. The predicted octanol–water partition coefficient (Wildman–Crippen LogP) is 4.19. The van der Waals surface area contributed by atoms with E-state index in [1.807, 2.05) is 43.4 Å². The van der Waals surface area contributed by atoms with E-state index in [1.54, 1.807) is 41.4 Å². The summed E-state index contributed by atoms with van der Waals surface area (Å²) >= 11 is 0. The number of imidazole rings is 1. The molecule has 0 aliphatic carbocycles. The quantitative estimate of drug-likeness (QED) is 0.386. The molecule has 0 bridgehead atoms. The molecule has 0 saturated heterocycles. The number of carbonyl (C=O) groups is 1. The summed E-state index contributed by atoms with van der Waals surface area (Å²) in [6.45, 7) is 4.02. The van der Waals surface area contributed by atoms with E-state index in [9.17, 15) is 22.8 Å². The number of alkyl halides is 3. The molecule has 0 radical (unpaired) electrons. The van der Waals surface area contributed by atoms with Crippen molar-refractivity contribution >= 4 is 22.5 Å². The number of halogens is 3. The van der Waals surface area contributed by atoms with Gasteiger partial charge in [-0.1, -0.05) is 18.2 Å². The number of aryl methyl sites for hydroxylation is 2. The number of nitrogens with zero attached hydrogens (tertiary/aromatic N) is 5. The predicted molar refractivity (Wildman–Crippen MR) is 133 cm³/mol. The maximum absolute atomic E-state index is 13.6. The average molecular weight is 509 g/mol. The fraction of sp³-hybridized carbons (Fsp3) is 0.231. The zero-order valence-corrected chi connectivity index (χ0v) is 20.2. The van der Waals surface area contributed by atoms with Crippen LogP contribution >= 0.6 is 0 Å². The molecule has 0 saturated carbocycles. The van der Waals surface area contributed by atoms with E-state index in [2.05, 4.69) is 10.1 Å². The smallest absolute Gasteiger partial charge is 0.343 e. The summed E-state index contributed by atoms with van der Waals surface area (Å²) in [6, 6.07) is 8.84. The van der Waals surface area contributed by atoms with E-state index in [0.29, 0.717) is 16.7 Å². The van der Waals surface area contributed by atoms with Crippen LogP contribution in [0.3, 0.4) is 0 Å². The first kappa shape index (κ1) is 24.3. The minimum Gasteiger partial charge on any atom is -0.343 e. The first-order valence-electron chi connectivity index (χ1n) is 11.5. The third kappa shape index (κ3) is 4.26. The highest BCUT2D eigenvalue weighted by atomic mass is 19.4. The Morgan fingerprint density at radius 1 is 1.08 bits per heavy atom. The molecule has 11 heteroatoms. The van der Waals surface area contributed by atoms with Gasteiger partial charge in [0.2, 0.25) is 5.91 Å². The summed E-state index contributed by atoms with van der Waals surface area (Å²) < 4.78 is 43.2. The average Bonchev–Trinajstić information content (AvgIpc) is 3.39. The molecular weight excluding hydrogens is 485 g/mol. The summed E-state index contributed by atoms with van der Waals surface area (Å²) in [5.74, 6) is -0.902.